The van der Waals surface area contributed by atoms with Crippen LogP contribution >= 0.6 is 0 Å². The highest BCUT2D eigenvalue weighted by Crippen LogP contribution is 2.26. The third kappa shape index (κ3) is 3.91. The van der Waals surface area contributed by atoms with Crippen LogP contribution in [-0.4, -0.2) is 33.4 Å². The summed E-state index contributed by atoms with van der Waals surface area (Å²) in [6, 6.07) is 17.1. The number of fused-ring (bicyclic) bond motifs is 1. The maximum atomic E-state index is 12.4. The Kier molecular flexibility index (Phi) is 5.86. The molecule has 0 aliphatic rings. The Bertz CT molecular complexity index is 1320. The normalized spacial score (nSPS) is 11.0. The molecule has 4 aromatic rings. The lowest BCUT2D eigenvalue weighted by molar-refractivity contribution is -0.135. The van der Waals surface area contributed by atoms with Crippen LogP contribution in [0.15, 0.2) is 54.6 Å². The predicted molar refractivity (Wildman–Crippen MR) is 124 cm³/mol. The zero-order valence-corrected chi connectivity index (χ0v) is 18.7. The monoisotopic (exact) mass is 427 g/mol. The third-order valence-electron chi connectivity index (χ3n) is 5.57. The van der Waals surface area contributed by atoms with Crippen LogP contribution in [0.1, 0.15) is 39.9 Å². The van der Waals surface area contributed by atoms with Gasteiger partial charge in [-0.2, -0.15) is 0 Å². The van der Waals surface area contributed by atoms with Crippen molar-refractivity contribution in [3.63, 3.8) is 0 Å². The molecule has 0 saturated carbocycles. The molecule has 0 amide bonds. The molecule has 32 heavy (non-hydrogen) atoms. The van der Waals surface area contributed by atoms with Gasteiger partial charge in [0.25, 0.3) is 5.78 Å². The van der Waals surface area contributed by atoms with E-state index in [9.17, 15) is 9.59 Å². The van der Waals surface area contributed by atoms with Gasteiger partial charge in [-0.15, -0.1) is 0 Å². The molecule has 0 spiro atoms. The standard InChI is InChI=1S/C26H25N3O3/c1-5-22-28-23-16(2)14-17(3)27-25(23)29(22)15-18-10-12-19(13-11-18)20-8-6-7-9-21(20)24(30)26(31)32-4/h6-14H,5,15H2,1-4H3. The highest BCUT2D eigenvalue weighted by molar-refractivity contribution is 6.41. The highest BCUT2D eigenvalue weighted by atomic mass is 16.5. The number of nitrogens with zero attached hydrogens (tertiary/aromatic N) is 3. The van der Waals surface area contributed by atoms with Crippen molar-refractivity contribution < 1.29 is 14.3 Å². The molecule has 0 aliphatic carbocycles. The van der Waals surface area contributed by atoms with Crippen LogP contribution in [0.5, 0.6) is 0 Å². The van der Waals surface area contributed by atoms with E-state index in [1.54, 1.807) is 12.1 Å². The number of rotatable bonds is 6. The molecule has 0 saturated heterocycles. The van der Waals surface area contributed by atoms with Crippen molar-refractivity contribution >= 4 is 22.9 Å². The maximum Gasteiger partial charge on any atom is 0.379 e. The number of benzene rings is 2. The van der Waals surface area contributed by atoms with Crippen LogP contribution in [0.3, 0.4) is 0 Å². The van der Waals surface area contributed by atoms with Gasteiger partial charge in [0, 0.05) is 17.7 Å². The number of hydrogen-bond donors (Lipinski definition) is 0. The third-order valence-corrected chi connectivity index (χ3v) is 5.57. The first-order valence-electron chi connectivity index (χ1n) is 10.6. The Morgan fingerprint density at radius 2 is 1.72 bits per heavy atom. The fourth-order valence-corrected chi connectivity index (χ4v) is 3.99. The summed E-state index contributed by atoms with van der Waals surface area (Å²) < 4.78 is 6.77. The summed E-state index contributed by atoms with van der Waals surface area (Å²) in [6.07, 6.45) is 0.815. The van der Waals surface area contributed by atoms with Crippen LogP contribution < -0.4 is 0 Å². The lowest BCUT2D eigenvalue weighted by atomic mass is 9.96. The Morgan fingerprint density at radius 1 is 1.00 bits per heavy atom. The number of carbonyl (C=O) groups excluding carboxylic acids is 2. The topological polar surface area (TPSA) is 74.1 Å². The van der Waals surface area contributed by atoms with E-state index in [4.69, 9.17) is 9.97 Å². The maximum absolute atomic E-state index is 12.4. The Labute approximate surface area is 186 Å². The minimum atomic E-state index is -0.869. The molecule has 2 aromatic heterocycles. The Morgan fingerprint density at radius 3 is 2.41 bits per heavy atom. The van der Waals surface area contributed by atoms with Gasteiger partial charge in [-0.1, -0.05) is 55.5 Å². The van der Waals surface area contributed by atoms with E-state index in [1.165, 1.54) is 7.11 Å². The first-order chi connectivity index (χ1) is 15.4. The zero-order chi connectivity index (χ0) is 22.8. The first-order valence-corrected chi connectivity index (χ1v) is 10.6. The van der Waals surface area contributed by atoms with E-state index in [1.807, 2.05) is 43.3 Å². The Balaban J connectivity index is 1.69. The van der Waals surface area contributed by atoms with E-state index in [2.05, 4.69) is 29.2 Å². The molecule has 6 heteroatoms. The van der Waals surface area contributed by atoms with E-state index in [-0.39, 0.29) is 0 Å². The van der Waals surface area contributed by atoms with Gasteiger partial charge >= 0.3 is 5.97 Å². The zero-order valence-electron chi connectivity index (χ0n) is 18.7. The summed E-state index contributed by atoms with van der Waals surface area (Å²) in [7, 11) is 1.21. The van der Waals surface area contributed by atoms with Gasteiger partial charge < -0.3 is 9.30 Å². The largest absolute Gasteiger partial charge is 0.463 e. The molecule has 4 rings (SSSR count). The number of hydrogen-bond acceptors (Lipinski definition) is 5. The van der Waals surface area contributed by atoms with Crippen molar-refractivity contribution in [1.82, 2.24) is 14.5 Å². The van der Waals surface area contributed by atoms with E-state index in [0.717, 1.165) is 45.8 Å². The lowest BCUT2D eigenvalue weighted by Gasteiger charge is -2.11. The first kappa shape index (κ1) is 21.4. The van der Waals surface area contributed by atoms with Gasteiger partial charge in [0.05, 0.1) is 13.7 Å². The fourth-order valence-electron chi connectivity index (χ4n) is 3.99. The number of esters is 1. The number of Topliss-reactive ketones (excluding diaryl/α,β-unsaturated/α-hetero) is 1. The number of aromatic nitrogens is 3. The van der Waals surface area contributed by atoms with Crippen LogP contribution in [0.25, 0.3) is 22.3 Å². The number of aryl methyl sites for hydroxylation is 3. The van der Waals surface area contributed by atoms with Crippen LogP contribution in [0.2, 0.25) is 0 Å². The highest BCUT2D eigenvalue weighted by Gasteiger charge is 2.20. The molecule has 0 fully saturated rings. The van der Waals surface area contributed by atoms with Crippen molar-refractivity contribution in [2.45, 2.75) is 33.7 Å². The molecule has 162 valence electrons. The average molecular weight is 428 g/mol. The van der Waals surface area contributed by atoms with E-state index >= 15 is 0 Å². The lowest BCUT2D eigenvalue weighted by Crippen LogP contribution is -2.16. The Hall–Kier alpha value is -3.80. The molecule has 2 aromatic carbocycles. The molecule has 6 nitrogen and oxygen atoms in total. The number of carbonyl (C=O) groups is 2. The van der Waals surface area contributed by atoms with Gasteiger partial charge in [-0.25, -0.2) is 14.8 Å². The summed E-state index contributed by atoms with van der Waals surface area (Å²) in [4.78, 5) is 33.7. The number of methoxy groups -OCH3 is 1. The second-order valence-corrected chi connectivity index (χ2v) is 7.78. The molecule has 0 aliphatic heterocycles. The van der Waals surface area contributed by atoms with Crippen molar-refractivity contribution in [3.8, 4) is 11.1 Å². The van der Waals surface area contributed by atoms with Crippen molar-refractivity contribution in [2.75, 3.05) is 7.11 Å². The van der Waals surface area contributed by atoms with Crippen molar-refractivity contribution in [2.24, 2.45) is 0 Å². The number of pyridine rings is 1. The molecule has 0 N–H and O–H groups in total. The number of ketones is 1. The summed E-state index contributed by atoms with van der Waals surface area (Å²) in [5.41, 5.74) is 6.93. The van der Waals surface area contributed by atoms with Gasteiger partial charge in [0.1, 0.15) is 11.3 Å². The number of imidazole rings is 1. The molecular weight excluding hydrogens is 402 g/mol. The van der Waals surface area contributed by atoms with Crippen LogP contribution in [0, 0.1) is 13.8 Å². The smallest absolute Gasteiger partial charge is 0.379 e. The van der Waals surface area contributed by atoms with Gasteiger partial charge in [-0.3, -0.25) is 4.79 Å². The van der Waals surface area contributed by atoms with Crippen LogP contribution in [0.4, 0.5) is 0 Å². The minimum Gasteiger partial charge on any atom is -0.463 e. The summed E-state index contributed by atoms with van der Waals surface area (Å²) in [5.74, 6) is -0.521. The molecule has 0 bridgehead atoms. The number of ether oxygens (including phenoxy) is 1. The van der Waals surface area contributed by atoms with E-state index < -0.39 is 11.8 Å². The van der Waals surface area contributed by atoms with Gasteiger partial charge in [0.2, 0.25) is 0 Å². The quantitative estimate of drug-likeness (QED) is 0.254. The van der Waals surface area contributed by atoms with Gasteiger partial charge in [-0.05, 0) is 42.2 Å². The molecule has 2 heterocycles. The molecule has 0 radical (unpaired) electrons. The van der Waals surface area contributed by atoms with Crippen LogP contribution in [-0.2, 0) is 22.5 Å². The molecule has 0 unspecified atom stereocenters. The fraction of sp³-hybridized carbons (Fsp3) is 0.231. The molecule has 0 atom stereocenters. The summed E-state index contributed by atoms with van der Waals surface area (Å²) in [5, 5.41) is 0. The van der Waals surface area contributed by atoms with E-state index in [0.29, 0.717) is 17.7 Å². The SMILES string of the molecule is CCc1nc2c(C)cc(C)nc2n1Cc1ccc(-c2ccccc2C(=O)C(=O)OC)cc1. The second kappa shape index (κ2) is 8.75. The summed E-state index contributed by atoms with van der Waals surface area (Å²) in [6.45, 7) is 6.81. The second-order valence-electron chi connectivity index (χ2n) is 7.78. The predicted octanol–water partition coefficient (Wildman–Crippen LogP) is 4.68. The summed E-state index contributed by atoms with van der Waals surface area (Å²) >= 11 is 0. The average Bonchev–Trinajstić information content (AvgIpc) is 3.16. The molecular formula is C26H25N3O3. The van der Waals surface area contributed by atoms with Crippen molar-refractivity contribution in [3.05, 3.63) is 82.8 Å². The minimum absolute atomic E-state index is 0.330. The van der Waals surface area contributed by atoms with Gasteiger partial charge in [0.15, 0.2) is 5.65 Å². The van der Waals surface area contributed by atoms with Crippen molar-refractivity contribution in [1.29, 1.82) is 0 Å².